The Morgan fingerprint density at radius 2 is 1.86 bits per heavy atom. The van der Waals surface area contributed by atoms with Crippen molar-refractivity contribution in [3.8, 4) is 0 Å². The Kier molecular flexibility index (Phi) is 4.73. The SMILES string of the molecule is CC(C(=O)C(=O)NCC1CC1)N(C)C(=O)c1ccccc1. The molecule has 1 fully saturated rings. The van der Waals surface area contributed by atoms with Crippen molar-refractivity contribution in [2.45, 2.75) is 25.8 Å². The molecule has 1 N–H and O–H groups in total. The van der Waals surface area contributed by atoms with Gasteiger partial charge in [-0.05, 0) is 37.8 Å². The van der Waals surface area contributed by atoms with E-state index in [1.54, 1.807) is 31.2 Å². The summed E-state index contributed by atoms with van der Waals surface area (Å²) in [4.78, 5) is 37.4. The van der Waals surface area contributed by atoms with E-state index in [1.807, 2.05) is 6.07 Å². The molecule has 2 amide bonds. The minimum absolute atomic E-state index is 0.272. The monoisotopic (exact) mass is 288 g/mol. The van der Waals surface area contributed by atoms with Crippen LogP contribution in [0.4, 0.5) is 0 Å². The highest BCUT2D eigenvalue weighted by Crippen LogP contribution is 2.27. The van der Waals surface area contributed by atoms with Crippen LogP contribution < -0.4 is 5.32 Å². The number of carbonyl (C=O) groups excluding carboxylic acids is 3. The third-order valence-corrected chi connectivity index (χ3v) is 3.77. The molecule has 5 heteroatoms. The molecule has 1 aromatic carbocycles. The molecule has 0 spiro atoms. The first-order chi connectivity index (χ1) is 10.0. The fourth-order valence-electron chi connectivity index (χ4n) is 1.97. The normalized spacial score (nSPS) is 15.1. The Bertz CT molecular complexity index is 538. The van der Waals surface area contributed by atoms with Crippen LogP contribution in [-0.4, -0.2) is 42.1 Å². The first kappa shape index (κ1) is 15.2. The number of rotatable bonds is 6. The van der Waals surface area contributed by atoms with Gasteiger partial charge in [-0.3, -0.25) is 14.4 Å². The van der Waals surface area contributed by atoms with Gasteiger partial charge in [0.2, 0.25) is 5.78 Å². The number of nitrogens with one attached hydrogen (secondary N) is 1. The van der Waals surface area contributed by atoms with Gasteiger partial charge in [-0.15, -0.1) is 0 Å². The summed E-state index contributed by atoms with van der Waals surface area (Å²) in [6.07, 6.45) is 2.22. The molecule has 0 heterocycles. The van der Waals surface area contributed by atoms with Crippen LogP contribution in [0.15, 0.2) is 30.3 Å². The van der Waals surface area contributed by atoms with Gasteiger partial charge in [0.25, 0.3) is 11.8 Å². The number of Topliss-reactive ketones (excluding diaryl/α,β-unsaturated/α-hetero) is 1. The van der Waals surface area contributed by atoms with E-state index in [1.165, 1.54) is 11.9 Å². The topological polar surface area (TPSA) is 66.5 Å². The lowest BCUT2D eigenvalue weighted by Crippen LogP contribution is -2.47. The van der Waals surface area contributed by atoms with E-state index in [2.05, 4.69) is 5.32 Å². The van der Waals surface area contributed by atoms with Crippen molar-refractivity contribution in [2.24, 2.45) is 5.92 Å². The van der Waals surface area contributed by atoms with Gasteiger partial charge in [-0.1, -0.05) is 18.2 Å². The molecule has 0 saturated heterocycles. The molecule has 0 bridgehead atoms. The highest BCUT2D eigenvalue weighted by Gasteiger charge is 2.29. The van der Waals surface area contributed by atoms with E-state index in [0.29, 0.717) is 18.0 Å². The second kappa shape index (κ2) is 6.52. The molecule has 1 saturated carbocycles. The molecule has 1 aliphatic rings. The van der Waals surface area contributed by atoms with Crippen LogP contribution in [0.1, 0.15) is 30.1 Å². The summed E-state index contributed by atoms with van der Waals surface area (Å²) in [7, 11) is 1.53. The van der Waals surface area contributed by atoms with Crippen LogP contribution in [0.5, 0.6) is 0 Å². The van der Waals surface area contributed by atoms with Crippen molar-refractivity contribution in [2.75, 3.05) is 13.6 Å². The molecule has 1 aromatic rings. The van der Waals surface area contributed by atoms with Gasteiger partial charge in [0.1, 0.15) is 0 Å². The molecular weight excluding hydrogens is 268 g/mol. The summed E-state index contributed by atoms with van der Waals surface area (Å²) in [5.74, 6) is -0.947. The van der Waals surface area contributed by atoms with Gasteiger partial charge >= 0.3 is 0 Å². The van der Waals surface area contributed by atoms with Crippen molar-refractivity contribution in [3.63, 3.8) is 0 Å². The molecule has 0 radical (unpaired) electrons. The van der Waals surface area contributed by atoms with Crippen LogP contribution >= 0.6 is 0 Å². The first-order valence-electron chi connectivity index (χ1n) is 7.15. The maximum atomic E-state index is 12.2. The summed E-state index contributed by atoms with van der Waals surface area (Å²) in [5.41, 5.74) is 0.498. The van der Waals surface area contributed by atoms with E-state index >= 15 is 0 Å². The van der Waals surface area contributed by atoms with Gasteiger partial charge in [0, 0.05) is 19.2 Å². The zero-order chi connectivity index (χ0) is 15.4. The molecule has 0 aliphatic heterocycles. The average Bonchev–Trinajstić information content (AvgIpc) is 3.34. The predicted octanol–water partition coefficient (Wildman–Crippen LogP) is 1.24. The van der Waals surface area contributed by atoms with Crippen molar-refractivity contribution in [3.05, 3.63) is 35.9 Å². The van der Waals surface area contributed by atoms with Crippen LogP contribution in [0, 0.1) is 5.92 Å². The number of carbonyl (C=O) groups is 3. The standard InChI is InChI=1S/C16H20N2O3/c1-11(14(19)15(20)17-10-12-8-9-12)18(2)16(21)13-6-4-3-5-7-13/h3-7,11-12H,8-10H2,1-2H3,(H,17,20). The third-order valence-electron chi connectivity index (χ3n) is 3.77. The minimum Gasteiger partial charge on any atom is -0.349 e. The fraction of sp³-hybridized carbons (Fsp3) is 0.438. The van der Waals surface area contributed by atoms with E-state index in [4.69, 9.17) is 0 Å². The summed E-state index contributed by atoms with van der Waals surface area (Å²) < 4.78 is 0. The Balaban J connectivity index is 1.93. The predicted molar refractivity (Wildman–Crippen MR) is 78.7 cm³/mol. The summed E-state index contributed by atoms with van der Waals surface area (Å²) in [5, 5.41) is 2.63. The summed E-state index contributed by atoms with van der Waals surface area (Å²) in [6.45, 7) is 2.12. The van der Waals surface area contributed by atoms with Gasteiger partial charge < -0.3 is 10.2 Å². The number of nitrogens with zero attached hydrogens (tertiary/aromatic N) is 1. The van der Waals surface area contributed by atoms with E-state index in [-0.39, 0.29) is 5.91 Å². The molecule has 2 rings (SSSR count). The van der Waals surface area contributed by atoms with Crippen molar-refractivity contribution >= 4 is 17.6 Å². The molecular formula is C16H20N2O3. The number of likely N-dealkylation sites (N-methyl/N-ethyl adjacent to an activating group) is 1. The van der Waals surface area contributed by atoms with Gasteiger partial charge in [-0.2, -0.15) is 0 Å². The molecule has 112 valence electrons. The second-order valence-electron chi connectivity index (χ2n) is 5.48. The number of ketones is 1. The Morgan fingerprint density at radius 3 is 2.43 bits per heavy atom. The van der Waals surface area contributed by atoms with Crippen molar-refractivity contribution in [1.82, 2.24) is 10.2 Å². The molecule has 1 aliphatic carbocycles. The van der Waals surface area contributed by atoms with Gasteiger partial charge in [0.05, 0.1) is 6.04 Å². The molecule has 5 nitrogen and oxygen atoms in total. The number of amides is 2. The van der Waals surface area contributed by atoms with E-state index < -0.39 is 17.7 Å². The lowest BCUT2D eigenvalue weighted by molar-refractivity contribution is -0.140. The van der Waals surface area contributed by atoms with E-state index in [9.17, 15) is 14.4 Å². The maximum absolute atomic E-state index is 12.2. The molecule has 0 aromatic heterocycles. The number of hydrogen-bond donors (Lipinski definition) is 1. The first-order valence-corrected chi connectivity index (χ1v) is 7.15. The second-order valence-corrected chi connectivity index (χ2v) is 5.48. The highest BCUT2D eigenvalue weighted by atomic mass is 16.2. The number of benzene rings is 1. The van der Waals surface area contributed by atoms with Crippen LogP contribution in [0.2, 0.25) is 0 Å². The summed E-state index contributed by atoms with van der Waals surface area (Å²) in [6, 6.07) is 7.92. The average molecular weight is 288 g/mol. The van der Waals surface area contributed by atoms with Crippen LogP contribution in [0.25, 0.3) is 0 Å². The van der Waals surface area contributed by atoms with Crippen LogP contribution in [-0.2, 0) is 9.59 Å². The van der Waals surface area contributed by atoms with Crippen molar-refractivity contribution < 1.29 is 14.4 Å². The Hall–Kier alpha value is -2.17. The highest BCUT2D eigenvalue weighted by molar-refractivity contribution is 6.38. The quantitative estimate of drug-likeness (QED) is 0.801. The maximum Gasteiger partial charge on any atom is 0.289 e. The number of hydrogen-bond acceptors (Lipinski definition) is 3. The zero-order valence-corrected chi connectivity index (χ0v) is 12.3. The minimum atomic E-state index is -0.781. The van der Waals surface area contributed by atoms with Gasteiger partial charge in [-0.25, -0.2) is 0 Å². The summed E-state index contributed by atoms with van der Waals surface area (Å²) >= 11 is 0. The smallest absolute Gasteiger partial charge is 0.289 e. The lowest BCUT2D eigenvalue weighted by atomic mass is 10.1. The third kappa shape index (κ3) is 3.90. The Labute approximate surface area is 124 Å². The van der Waals surface area contributed by atoms with Crippen molar-refractivity contribution in [1.29, 1.82) is 0 Å². The zero-order valence-electron chi connectivity index (χ0n) is 12.3. The lowest BCUT2D eigenvalue weighted by Gasteiger charge is -2.23. The molecule has 21 heavy (non-hydrogen) atoms. The molecule has 1 atom stereocenters. The van der Waals surface area contributed by atoms with Gasteiger partial charge in [0.15, 0.2) is 0 Å². The fourth-order valence-corrected chi connectivity index (χ4v) is 1.97. The van der Waals surface area contributed by atoms with Crippen LogP contribution in [0.3, 0.4) is 0 Å². The molecule has 1 unspecified atom stereocenters. The van der Waals surface area contributed by atoms with E-state index in [0.717, 1.165) is 12.8 Å². The largest absolute Gasteiger partial charge is 0.349 e. The Morgan fingerprint density at radius 1 is 1.24 bits per heavy atom.